The highest BCUT2D eigenvalue weighted by atomic mass is 32.1. The fraction of sp³-hybridized carbons (Fsp3) is 0.333. The first-order valence-electron chi connectivity index (χ1n) is 5.18. The van der Waals surface area contributed by atoms with Gasteiger partial charge in [0.05, 0.1) is 0 Å². The van der Waals surface area contributed by atoms with Gasteiger partial charge in [-0.1, -0.05) is 18.2 Å². The minimum atomic E-state index is 0.438. The fourth-order valence-electron chi connectivity index (χ4n) is 1.82. The van der Waals surface area contributed by atoms with Crippen LogP contribution in [0.15, 0.2) is 30.5 Å². The predicted molar refractivity (Wildman–Crippen MR) is 68.7 cm³/mol. The number of nitrogens with one attached hydrogen (secondary N) is 2. The maximum Gasteiger partial charge on any atom is 0.0456 e. The summed E-state index contributed by atoms with van der Waals surface area (Å²) < 4.78 is 0. The fourth-order valence-corrected chi connectivity index (χ4v) is 2.14. The molecule has 0 aliphatic carbocycles. The number of hydrogen-bond acceptors (Lipinski definition) is 2. The molecule has 2 nitrogen and oxygen atoms in total. The third kappa shape index (κ3) is 2.19. The molecule has 2 N–H and O–H groups in total. The number of H-pyrrole nitrogens is 1. The normalized spacial score (nSPS) is 13.2. The molecule has 1 aromatic carbocycles. The largest absolute Gasteiger partial charge is 0.361 e. The number of benzene rings is 1. The molecule has 2 aromatic rings. The Morgan fingerprint density at radius 3 is 2.93 bits per heavy atom. The molecule has 1 aromatic heterocycles. The van der Waals surface area contributed by atoms with Gasteiger partial charge in [-0.05, 0) is 25.1 Å². The summed E-state index contributed by atoms with van der Waals surface area (Å²) in [4.78, 5) is 3.29. The van der Waals surface area contributed by atoms with Gasteiger partial charge in [-0.25, -0.2) is 0 Å². The number of aromatic amines is 1. The zero-order valence-corrected chi connectivity index (χ0v) is 9.72. The molecule has 0 bridgehead atoms. The Hall–Kier alpha value is -0.930. The van der Waals surface area contributed by atoms with Crippen molar-refractivity contribution in [3.05, 3.63) is 36.0 Å². The van der Waals surface area contributed by atoms with E-state index in [9.17, 15) is 0 Å². The molecule has 1 atom stereocenters. The molecule has 1 unspecified atom stereocenters. The van der Waals surface area contributed by atoms with Crippen LogP contribution in [0.1, 0.15) is 5.56 Å². The van der Waals surface area contributed by atoms with Crippen LogP contribution >= 0.6 is 12.6 Å². The second-order valence-corrected chi connectivity index (χ2v) is 4.10. The van der Waals surface area contributed by atoms with Gasteiger partial charge in [0.15, 0.2) is 0 Å². The van der Waals surface area contributed by atoms with Crippen LogP contribution in [0.2, 0.25) is 0 Å². The molecule has 0 fully saturated rings. The van der Waals surface area contributed by atoms with E-state index in [-0.39, 0.29) is 0 Å². The monoisotopic (exact) mass is 220 g/mol. The number of hydrogen-bond donors (Lipinski definition) is 3. The van der Waals surface area contributed by atoms with Gasteiger partial charge in [-0.2, -0.15) is 12.6 Å². The van der Waals surface area contributed by atoms with E-state index in [1.54, 1.807) is 0 Å². The second-order valence-electron chi connectivity index (χ2n) is 3.73. The highest BCUT2D eigenvalue weighted by Crippen LogP contribution is 2.19. The number of fused-ring (bicyclic) bond motifs is 1. The Bertz CT molecular complexity index is 432. The topological polar surface area (TPSA) is 27.8 Å². The summed E-state index contributed by atoms with van der Waals surface area (Å²) in [7, 11) is 1.98. The third-order valence-electron chi connectivity index (χ3n) is 2.77. The van der Waals surface area contributed by atoms with E-state index in [1.165, 1.54) is 16.5 Å². The average molecular weight is 220 g/mol. The molecule has 3 heteroatoms. The summed E-state index contributed by atoms with van der Waals surface area (Å²) in [5, 5.41) is 4.58. The summed E-state index contributed by atoms with van der Waals surface area (Å²) in [6.07, 6.45) is 3.11. The zero-order chi connectivity index (χ0) is 10.7. The molecule has 0 spiro atoms. The quantitative estimate of drug-likeness (QED) is 0.677. The number of likely N-dealkylation sites (N-methyl/N-ethyl adjacent to an activating group) is 1. The Kier molecular flexibility index (Phi) is 3.34. The van der Waals surface area contributed by atoms with E-state index in [2.05, 4.69) is 53.4 Å². The van der Waals surface area contributed by atoms with Crippen LogP contribution in [-0.2, 0) is 6.42 Å². The molecule has 0 saturated heterocycles. The van der Waals surface area contributed by atoms with E-state index < -0.39 is 0 Å². The van der Waals surface area contributed by atoms with E-state index >= 15 is 0 Å². The van der Waals surface area contributed by atoms with Gasteiger partial charge in [-0.15, -0.1) is 0 Å². The molecule has 15 heavy (non-hydrogen) atoms. The Morgan fingerprint density at radius 1 is 1.40 bits per heavy atom. The SMILES string of the molecule is CNC(CS)Cc1c[nH]c2ccccc12. The van der Waals surface area contributed by atoms with E-state index in [0.29, 0.717) is 6.04 Å². The summed E-state index contributed by atoms with van der Waals surface area (Å²) in [6, 6.07) is 8.83. The molecule has 1 heterocycles. The lowest BCUT2D eigenvalue weighted by Gasteiger charge is -2.12. The smallest absolute Gasteiger partial charge is 0.0456 e. The van der Waals surface area contributed by atoms with Gasteiger partial charge < -0.3 is 10.3 Å². The Morgan fingerprint density at radius 2 is 2.20 bits per heavy atom. The van der Waals surface area contributed by atoms with Crippen LogP contribution < -0.4 is 5.32 Å². The maximum absolute atomic E-state index is 4.33. The Balaban J connectivity index is 2.28. The van der Waals surface area contributed by atoms with Crippen LogP contribution in [-0.4, -0.2) is 23.8 Å². The van der Waals surface area contributed by atoms with Crippen molar-refractivity contribution in [1.82, 2.24) is 10.3 Å². The van der Waals surface area contributed by atoms with Crippen molar-refractivity contribution in [3.63, 3.8) is 0 Å². The van der Waals surface area contributed by atoms with Gasteiger partial charge in [0.25, 0.3) is 0 Å². The lowest BCUT2D eigenvalue weighted by Crippen LogP contribution is -2.29. The van der Waals surface area contributed by atoms with E-state index in [0.717, 1.165) is 12.2 Å². The van der Waals surface area contributed by atoms with Crippen LogP contribution in [0.25, 0.3) is 10.9 Å². The van der Waals surface area contributed by atoms with Crippen molar-refractivity contribution in [3.8, 4) is 0 Å². The summed E-state index contributed by atoms with van der Waals surface area (Å²) in [6.45, 7) is 0. The first-order chi connectivity index (χ1) is 7.35. The molecule has 0 aliphatic rings. The number of aromatic nitrogens is 1. The lowest BCUT2D eigenvalue weighted by molar-refractivity contribution is 0.620. The van der Waals surface area contributed by atoms with Gasteiger partial charge in [-0.3, -0.25) is 0 Å². The van der Waals surface area contributed by atoms with Crippen molar-refractivity contribution >= 4 is 23.5 Å². The highest BCUT2D eigenvalue weighted by molar-refractivity contribution is 7.80. The van der Waals surface area contributed by atoms with Gasteiger partial charge in [0.2, 0.25) is 0 Å². The summed E-state index contributed by atoms with van der Waals surface area (Å²) in [5.74, 6) is 0.857. The minimum absolute atomic E-state index is 0.438. The first kappa shape index (κ1) is 10.6. The van der Waals surface area contributed by atoms with Crippen LogP contribution in [0, 0.1) is 0 Å². The molecule has 0 aliphatic heterocycles. The van der Waals surface area contributed by atoms with Crippen molar-refractivity contribution in [2.75, 3.05) is 12.8 Å². The van der Waals surface area contributed by atoms with Crippen LogP contribution in [0.4, 0.5) is 0 Å². The minimum Gasteiger partial charge on any atom is -0.361 e. The molecule has 2 rings (SSSR count). The maximum atomic E-state index is 4.33. The predicted octanol–water partition coefficient (Wildman–Crippen LogP) is 2.23. The summed E-state index contributed by atoms with van der Waals surface area (Å²) >= 11 is 4.33. The van der Waals surface area contributed by atoms with Gasteiger partial charge >= 0.3 is 0 Å². The van der Waals surface area contributed by atoms with Crippen LogP contribution in [0.3, 0.4) is 0 Å². The van der Waals surface area contributed by atoms with Crippen LogP contribution in [0.5, 0.6) is 0 Å². The number of para-hydroxylation sites is 1. The first-order valence-corrected chi connectivity index (χ1v) is 5.81. The second kappa shape index (κ2) is 4.73. The average Bonchev–Trinajstić information content (AvgIpc) is 2.69. The molecular weight excluding hydrogens is 204 g/mol. The van der Waals surface area contributed by atoms with Crippen molar-refractivity contribution in [1.29, 1.82) is 0 Å². The summed E-state index contributed by atoms with van der Waals surface area (Å²) in [5.41, 5.74) is 2.57. The zero-order valence-electron chi connectivity index (χ0n) is 8.83. The van der Waals surface area contributed by atoms with E-state index in [4.69, 9.17) is 0 Å². The number of rotatable bonds is 4. The lowest BCUT2D eigenvalue weighted by atomic mass is 10.1. The standard InChI is InChI=1S/C12H16N2S/c1-13-10(8-15)6-9-7-14-12-5-3-2-4-11(9)12/h2-5,7,10,13-15H,6,8H2,1H3. The molecule has 0 saturated carbocycles. The third-order valence-corrected chi connectivity index (χ3v) is 3.21. The molecule has 80 valence electrons. The molecular formula is C12H16N2S. The van der Waals surface area contributed by atoms with Crippen molar-refractivity contribution in [2.24, 2.45) is 0 Å². The van der Waals surface area contributed by atoms with Crippen molar-refractivity contribution < 1.29 is 0 Å². The van der Waals surface area contributed by atoms with Crippen molar-refractivity contribution in [2.45, 2.75) is 12.5 Å². The highest BCUT2D eigenvalue weighted by Gasteiger charge is 2.08. The van der Waals surface area contributed by atoms with Gasteiger partial charge in [0.1, 0.15) is 0 Å². The van der Waals surface area contributed by atoms with E-state index in [1.807, 2.05) is 7.05 Å². The molecule has 0 radical (unpaired) electrons. The Labute approximate surface area is 95.5 Å². The molecule has 0 amide bonds. The number of thiol groups is 1. The van der Waals surface area contributed by atoms with Gasteiger partial charge in [0, 0.05) is 28.9 Å².